The maximum Gasteiger partial charge on any atom is 0.416 e. The molecule has 35 heavy (non-hydrogen) atoms. The van der Waals surface area contributed by atoms with Gasteiger partial charge in [-0.3, -0.25) is 14.5 Å². The molecule has 0 radical (unpaired) electrons. The van der Waals surface area contributed by atoms with E-state index in [0.717, 1.165) is 6.07 Å². The van der Waals surface area contributed by atoms with Crippen LogP contribution in [0.25, 0.3) is 0 Å². The van der Waals surface area contributed by atoms with Gasteiger partial charge in [0.05, 0.1) is 36.0 Å². The Kier molecular flexibility index (Phi) is 7.58. The van der Waals surface area contributed by atoms with Crippen LogP contribution in [0.4, 0.5) is 18.0 Å². The maximum atomic E-state index is 13.8. The number of alkyl halides is 3. The van der Waals surface area contributed by atoms with E-state index in [9.17, 15) is 27.6 Å². The highest BCUT2D eigenvalue weighted by atomic mass is 19.4. The summed E-state index contributed by atoms with van der Waals surface area (Å²) in [5.74, 6) is 1.25. The number of rotatable bonds is 8. The molecule has 4 amide bonds. The average molecular weight is 489 g/mol. The van der Waals surface area contributed by atoms with E-state index in [1.807, 2.05) is 13.8 Å². The second-order valence-corrected chi connectivity index (χ2v) is 8.73. The van der Waals surface area contributed by atoms with Gasteiger partial charge in [-0.2, -0.15) is 13.2 Å². The van der Waals surface area contributed by atoms with Crippen LogP contribution in [0.3, 0.4) is 0 Å². The number of hydrogen-bond donors (Lipinski definition) is 2. The number of halogens is 3. The molecule has 0 spiro atoms. The molecule has 186 valence electrons. The molecular formula is C25H27F3N4O3. The molecule has 1 aromatic rings. The SMILES string of the molecule is C#CCNC(=O)C(CC(C)C)N1CC2=C(C1=O)C(c1ccccc1C(F)(F)F)NC(=O)N2CC=C. The Hall–Kier alpha value is -3.74. The predicted octanol–water partition coefficient (Wildman–Crippen LogP) is 3.22. The van der Waals surface area contributed by atoms with Crippen molar-refractivity contribution in [3.8, 4) is 12.3 Å². The van der Waals surface area contributed by atoms with Crippen molar-refractivity contribution >= 4 is 17.8 Å². The number of carbonyl (C=O) groups excluding carboxylic acids is 3. The van der Waals surface area contributed by atoms with Crippen molar-refractivity contribution in [1.82, 2.24) is 20.4 Å². The molecule has 7 nitrogen and oxygen atoms in total. The highest BCUT2D eigenvalue weighted by Crippen LogP contribution is 2.42. The molecule has 0 saturated carbocycles. The molecule has 2 atom stereocenters. The number of terminal acetylenes is 1. The smallest absolute Gasteiger partial charge is 0.343 e. The second kappa shape index (κ2) is 10.3. The summed E-state index contributed by atoms with van der Waals surface area (Å²) in [6.07, 6.45) is 2.30. The number of benzene rings is 1. The summed E-state index contributed by atoms with van der Waals surface area (Å²) in [4.78, 5) is 42.1. The van der Waals surface area contributed by atoms with Crippen LogP contribution >= 0.6 is 0 Å². The first-order chi connectivity index (χ1) is 16.5. The normalized spacial score (nSPS) is 18.8. The fourth-order valence-electron chi connectivity index (χ4n) is 4.41. The van der Waals surface area contributed by atoms with E-state index < -0.39 is 41.7 Å². The van der Waals surface area contributed by atoms with Gasteiger partial charge in [0.1, 0.15) is 6.04 Å². The summed E-state index contributed by atoms with van der Waals surface area (Å²) in [5.41, 5.74) is -0.946. The molecule has 2 aliphatic rings. The minimum atomic E-state index is -4.70. The molecule has 0 saturated heterocycles. The van der Waals surface area contributed by atoms with E-state index in [0.29, 0.717) is 6.42 Å². The zero-order valence-electron chi connectivity index (χ0n) is 19.5. The summed E-state index contributed by atoms with van der Waals surface area (Å²) in [6.45, 7) is 7.28. The van der Waals surface area contributed by atoms with Crippen molar-refractivity contribution in [3.05, 3.63) is 59.3 Å². The van der Waals surface area contributed by atoms with Gasteiger partial charge < -0.3 is 15.5 Å². The van der Waals surface area contributed by atoms with Crippen molar-refractivity contribution in [3.63, 3.8) is 0 Å². The lowest BCUT2D eigenvalue weighted by Gasteiger charge is -2.33. The summed E-state index contributed by atoms with van der Waals surface area (Å²) >= 11 is 0. The van der Waals surface area contributed by atoms with Gasteiger partial charge >= 0.3 is 12.2 Å². The lowest BCUT2D eigenvalue weighted by Crippen LogP contribution is -2.49. The quantitative estimate of drug-likeness (QED) is 0.436. The molecule has 2 N–H and O–H groups in total. The Bertz CT molecular complexity index is 1100. The molecule has 0 aromatic heterocycles. The predicted molar refractivity (Wildman–Crippen MR) is 123 cm³/mol. The molecule has 2 unspecified atom stereocenters. The van der Waals surface area contributed by atoms with Gasteiger partial charge in [0.2, 0.25) is 5.91 Å². The van der Waals surface area contributed by atoms with Crippen LogP contribution in [0.15, 0.2) is 48.2 Å². The van der Waals surface area contributed by atoms with Crippen LogP contribution in [-0.2, 0) is 15.8 Å². The number of amides is 4. The fourth-order valence-corrected chi connectivity index (χ4v) is 4.41. The first-order valence-electron chi connectivity index (χ1n) is 11.1. The monoisotopic (exact) mass is 488 g/mol. The van der Waals surface area contributed by atoms with Crippen molar-refractivity contribution in [2.75, 3.05) is 19.6 Å². The lowest BCUT2D eigenvalue weighted by molar-refractivity contribution is -0.139. The van der Waals surface area contributed by atoms with Crippen LogP contribution in [0.1, 0.15) is 37.4 Å². The summed E-state index contributed by atoms with van der Waals surface area (Å²) in [6, 6.07) is 1.90. The van der Waals surface area contributed by atoms with Gasteiger partial charge in [-0.25, -0.2) is 4.79 Å². The van der Waals surface area contributed by atoms with Crippen LogP contribution < -0.4 is 10.6 Å². The zero-order chi connectivity index (χ0) is 25.9. The molecule has 10 heteroatoms. The maximum absolute atomic E-state index is 13.8. The number of hydrogen-bond acceptors (Lipinski definition) is 3. The summed E-state index contributed by atoms with van der Waals surface area (Å²) in [5, 5.41) is 5.14. The third-order valence-corrected chi connectivity index (χ3v) is 5.88. The first-order valence-corrected chi connectivity index (χ1v) is 11.1. The Labute approximate surface area is 202 Å². The van der Waals surface area contributed by atoms with Crippen LogP contribution in [0, 0.1) is 18.3 Å². The highest BCUT2D eigenvalue weighted by molar-refractivity contribution is 6.03. The van der Waals surface area contributed by atoms with Crippen LogP contribution in [0.5, 0.6) is 0 Å². The van der Waals surface area contributed by atoms with Gasteiger partial charge in [0.15, 0.2) is 0 Å². The fraction of sp³-hybridized carbons (Fsp3) is 0.400. The largest absolute Gasteiger partial charge is 0.416 e. The van der Waals surface area contributed by atoms with Gasteiger partial charge in [0, 0.05) is 6.54 Å². The lowest BCUT2D eigenvalue weighted by atomic mass is 9.91. The van der Waals surface area contributed by atoms with E-state index >= 15 is 0 Å². The summed E-state index contributed by atoms with van der Waals surface area (Å²) in [7, 11) is 0. The van der Waals surface area contributed by atoms with E-state index in [1.54, 1.807) is 0 Å². The highest BCUT2D eigenvalue weighted by Gasteiger charge is 2.48. The minimum absolute atomic E-state index is 0.00153. The molecule has 2 heterocycles. The molecular weight excluding hydrogens is 461 g/mol. The van der Waals surface area contributed by atoms with Gasteiger partial charge in [-0.15, -0.1) is 13.0 Å². The standard InChI is InChI=1S/C25H27F3N4O3/c1-5-11-29-22(33)18(13-15(3)4)32-14-19-20(23(32)34)21(30-24(35)31(19)12-6-2)16-9-7-8-10-17(16)25(26,27)28/h1,6-10,15,18,21H,2,11-14H2,3-4H3,(H,29,33)(H,30,35). The topological polar surface area (TPSA) is 81.8 Å². The Morgan fingerprint density at radius 3 is 2.63 bits per heavy atom. The second-order valence-electron chi connectivity index (χ2n) is 8.73. The molecule has 1 aromatic carbocycles. The van der Waals surface area contributed by atoms with Gasteiger partial charge in [-0.05, 0) is 24.0 Å². The van der Waals surface area contributed by atoms with Crippen molar-refractivity contribution in [1.29, 1.82) is 0 Å². The molecule has 2 aliphatic heterocycles. The van der Waals surface area contributed by atoms with Gasteiger partial charge in [-0.1, -0.05) is 44.0 Å². The van der Waals surface area contributed by atoms with E-state index in [1.165, 1.54) is 34.1 Å². The van der Waals surface area contributed by atoms with Crippen molar-refractivity contribution in [2.24, 2.45) is 5.92 Å². The number of nitrogens with one attached hydrogen (secondary N) is 2. The number of nitrogens with zero attached hydrogens (tertiary/aromatic N) is 2. The Morgan fingerprint density at radius 2 is 2.03 bits per heavy atom. The Morgan fingerprint density at radius 1 is 1.34 bits per heavy atom. The Balaban J connectivity index is 2.11. The molecule has 0 bridgehead atoms. The minimum Gasteiger partial charge on any atom is -0.343 e. The van der Waals surface area contributed by atoms with E-state index in [-0.39, 0.29) is 42.4 Å². The van der Waals surface area contributed by atoms with E-state index in [4.69, 9.17) is 6.42 Å². The zero-order valence-corrected chi connectivity index (χ0v) is 19.5. The molecule has 3 rings (SSSR count). The van der Waals surface area contributed by atoms with Crippen molar-refractivity contribution in [2.45, 2.75) is 38.5 Å². The average Bonchev–Trinajstić information content (AvgIpc) is 3.13. The van der Waals surface area contributed by atoms with E-state index in [2.05, 4.69) is 23.1 Å². The van der Waals surface area contributed by atoms with Crippen LogP contribution in [-0.4, -0.2) is 53.3 Å². The first kappa shape index (κ1) is 25.9. The molecule has 0 aliphatic carbocycles. The summed E-state index contributed by atoms with van der Waals surface area (Å²) < 4.78 is 41.4. The number of urea groups is 1. The van der Waals surface area contributed by atoms with Crippen molar-refractivity contribution < 1.29 is 27.6 Å². The third-order valence-electron chi connectivity index (χ3n) is 5.88. The van der Waals surface area contributed by atoms with Crippen LogP contribution in [0.2, 0.25) is 0 Å². The van der Waals surface area contributed by atoms with Gasteiger partial charge in [0.25, 0.3) is 5.91 Å². The third kappa shape index (κ3) is 5.19. The number of carbonyl (C=O) groups is 3. The molecule has 0 fully saturated rings.